The Hall–Kier alpha value is -1.30. The number of hydrogen-bond acceptors (Lipinski definition) is 5. The molecule has 5 nitrogen and oxygen atoms in total. The summed E-state index contributed by atoms with van der Waals surface area (Å²) in [5.74, 6) is 0.444. The van der Waals surface area contributed by atoms with Crippen molar-refractivity contribution in [2.45, 2.75) is 33.8 Å². The minimum absolute atomic E-state index is 0.188. The summed E-state index contributed by atoms with van der Waals surface area (Å²) in [6.07, 6.45) is -3.75. The minimum atomic E-state index is -2.98. The molecule has 1 atom stereocenters. The van der Waals surface area contributed by atoms with E-state index >= 15 is 0 Å². The van der Waals surface area contributed by atoms with Crippen molar-refractivity contribution in [2.75, 3.05) is 22.7 Å². The van der Waals surface area contributed by atoms with Crippen molar-refractivity contribution in [1.29, 1.82) is 0 Å². The van der Waals surface area contributed by atoms with Crippen LogP contribution in [0.2, 0.25) is 10.0 Å². The third-order valence-corrected chi connectivity index (χ3v) is 9.20. The summed E-state index contributed by atoms with van der Waals surface area (Å²) in [7, 11) is 0. The number of nitrogens with zero attached hydrogens (tertiary/aromatic N) is 2. The maximum absolute atomic E-state index is 13.1. The Morgan fingerprint density at radius 3 is 2.41 bits per heavy atom. The molecule has 156 valence electrons. The molecular weight excluding hydrogens is 450 g/mol. The molecule has 0 bridgehead atoms. The number of carbonyl (C=O) groups excluding carboxylic acids is 1. The Kier molecular flexibility index (Phi) is 6.81. The first-order valence-corrected chi connectivity index (χ1v) is 12.8. The van der Waals surface area contributed by atoms with E-state index in [1.54, 1.807) is 18.2 Å². The van der Waals surface area contributed by atoms with Crippen LogP contribution >= 0.6 is 29.6 Å². The molecule has 9 heteroatoms. The Morgan fingerprint density at radius 1 is 1.14 bits per heavy atom. The molecule has 2 aromatic carbocycles. The average molecular weight is 473 g/mol. The lowest BCUT2D eigenvalue weighted by atomic mass is 10.2. The van der Waals surface area contributed by atoms with Crippen LogP contribution in [0.3, 0.4) is 0 Å². The van der Waals surface area contributed by atoms with Crippen molar-refractivity contribution in [2.24, 2.45) is 0 Å². The molecule has 0 saturated heterocycles. The Balaban J connectivity index is 2.17. The van der Waals surface area contributed by atoms with Crippen molar-refractivity contribution in [1.82, 2.24) is 0 Å². The summed E-state index contributed by atoms with van der Waals surface area (Å²) >= 11 is 18.3. The quantitative estimate of drug-likeness (QED) is 0.466. The fourth-order valence-electron chi connectivity index (χ4n) is 3.22. The number of benzene rings is 2. The zero-order valence-electron chi connectivity index (χ0n) is 16.7. The SMILES string of the molecule is CCN(CC)c1ccc2c(c1)OC(=O)N(c1ccc(Cl)c(Cl)c1)[P@]2(=S)OC(C)C. The number of anilines is 2. The molecule has 0 aromatic heterocycles. The highest BCUT2D eigenvalue weighted by Gasteiger charge is 2.43. The van der Waals surface area contributed by atoms with Gasteiger partial charge in [0.2, 0.25) is 0 Å². The second kappa shape index (κ2) is 8.83. The third-order valence-electron chi connectivity index (χ3n) is 4.51. The van der Waals surface area contributed by atoms with Gasteiger partial charge in [0.1, 0.15) is 5.75 Å². The lowest BCUT2D eigenvalue weighted by Gasteiger charge is -2.39. The standard InChI is InChI=1S/C20H23Cl2N2O3PS/c1-5-23(6-2)14-8-10-19-18(12-14)26-20(25)24(28(19,29)27-13(3)4)15-7-9-16(21)17(22)11-15/h7-13H,5-6H2,1-4H3/t28-/m0/s1. The number of carbonyl (C=O) groups is 1. The normalized spacial score (nSPS) is 18.6. The maximum Gasteiger partial charge on any atom is 0.425 e. The number of amides is 1. The van der Waals surface area contributed by atoms with E-state index in [1.165, 1.54) is 4.67 Å². The fourth-order valence-corrected chi connectivity index (χ4v) is 7.29. The summed E-state index contributed by atoms with van der Waals surface area (Å²) in [4.78, 5) is 15.2. The molecule has 29 heavy (non-hydrogen) atoms. The predicted octanol–water partition coefficient (Wildman–Crippen LogP) is 6.22. The molecule has 1 aliphatic rings. The van der Waals surface area contributed by atoms with E-state index in [-0.39, 0.29) is 6.10 Å². The molecule has 2 aromatic rings. The highest BCUT2D eigenvalue weighted by atomic mass is 35.5. The summed E-state index contributed by atoms with van der Waals surface area (Å²) in [5, 5.41) is 1.41. The Morgan fingerprint density at radius 2 is 1.83 bits per heavy atom. The van der Waals surface area contributed by atoms with Crippen molar-refractivity contribution in [3.8, 4) is 5.75 Å². The van der Waals surface area contributed by atoms with Gasteiger partial charge in [-0.2, -0.15) is 0 Å². The van der Waals surface area contributed by atoms with E-state index in [1.807, 2.05) is 32.0 Å². The average Bonchev–Trinajstić information content (AvgIpc) is 2.64. The predicted molar refractivity (Wildman–Crippen MR) is 125 cm³/mol. The first-order chi connectivity index (χ1) is 13.7. The van der Waals surface area contributed by atoms with Gasteiger partial charge in [0.25, 0.3) is 0 Å². The van der Waals surface area contributed by atoms with E-state index in [0.29, 0.717) is 26.8 Å². The topological polar surface area (TPSA) is 42.0 Å². The number of rotatable bonds is 6. The van der Waals surface area contributed by atoms with E-state index in [9.17, 15) is 4.79 Å². The van der Waals surface area contributed by atoms with E-state index < -0.39 is 12.5 Å². The highest BCUT2D eigenvalue weighted by molar-refractivity contribution is 8.17. The van der Waals surface area contributed by atoms with Crippen molar-refractivity contribution in [3.63, 3.8) is 0 Å². The van der Waals surface area contributed by atoms with Crippen LogP contribution in [0.1, 0.15) is 27.7 Å². The van der Waals surface area contributed by atoms with Gasteiger partial charge in [0.15, 0.2) is 6.42 Å². The second-order valence-corrected chi connectivity index (χ2v) is 11.2. The van der Waals surface area contributed by atoms with Gasteiger partial charge in [-0.15, -0.1) is 0 Å². The molecular formula is C20H23Cl2N2O3PS. The number of halogens is 2. The lowest BCUT2D eigenvalue weighted by Crippen LogP contribution is -2.41. The van der Waals surface area contributed by atoms with E-state index in [4.69, 9.17) is 44.3 Å². The van der Waals surface area contributed by atoms with Crippen LogP contribution in [-0.4, -0.2) is 25.3 Å². The summed E-state index contributed by atoms with van der Waals surface area (Å²) in [6, 6.07) is 10.7. The summed E-state index contributed by atoms with van der Waals surface area (Å²) in [5.41, 5.74) is 1.46. The minimum Gasteiger partial charge on any atom is -0.409 e. The van der Waals surface area contributed by atoms with Crippen molar-refractivity contribution >= 4 is 64.2 Å². The molecule has 0 saturated carbocycles. The maximum atomic E-state index is 13.1. The number of hydrogen-bond donors (Lipinski definition) is 0. The molecule has 0 spiro atoms. The van der Waals surface area contributed by atoms with Crippen LogP contribution in [0.15, 0.2) is 36.4 Å². The molecule has 1 aliphatic heterocycles. The number of fused-ring (bicyclic) bond motifs is 1. The van der Waals surface area contributed by atoms with Gasteiger partial charge in [-0.05, 0) is 69.8 Å². The van der Waals surface area contributed by atoms with Gasteiger partial charge in [-0.25, -0.2) is 9.46 Å². The van der Waals surface area contributed by atoms with Gasteiger partial charge < -0.3 is 14.2 Å². The smallest absolute Gasteiger partial charge is 0.409 e. The number of ether oxygens (including phenoxy) is 1. The third kappa shape index (κ3) is 4.28. The van der Waals surface area contributed by atoms with Gasteiger partial charge in [0, 0.05) is 24.8 Å². The molecule has 0 N–H and O–H groups in total. The van der Waals surface area contributed by atoms with Crippen LogP contribution < -0.4 is 19.6 Å². The summed E-state index contributed by atoms with van der Waals surface area (Å²) < 4.78 is 13.3. The van der Waals surface area contributed by atoms with E-state index in [2.05, 4.69) is 18.7 Å². The monoisotopic (exact) mass is 472 g/mol. The molecule has 1 amide bonds. The molecule has 0 unspecified atom stereocenters. The lowest BCUT2D eigenvalue weighted by molar-refractivity contribution is 0.208. The molecule has 1 heterocycles. The van der Waals surface area contributed by atoms with Crippen LogP contribution in [0, 0.1) is 0 Å². The molecule has 0 aliphatic carbocycles. The van der Waals surface area contributed by atoms with Crippen molar-refractivity contribution < 1.29 is 14.1 Å². The highest BCUT2D eigenvalue weighted by Crippen LogP contribution is 2.58. The van der Waals surface area contributed by atoms with E-state index in [0.717, 1.165) is 18.8 Å². The van der Waals surface area contributed by atoms with Gasteiger partial charge in [-0.3, -0.25) is 0 Å². The Bertz CT molecular complexity index is 982. The zero-order chi connectivity index (χ0) is 21.3. The summed E-state index contributed by atoms with van der Waals surface area (Å²) in [6.45, 7) is 9.63. The second-order valence-electron chi connectivity index (χ2n) is 6.78. The van der Waals surface area contributed by atoms with Crippen LogP contribution in [-0.2, 0) is 16.3 Å². The molecule has 0 radical (unpaired) electrons. The Labute approximate surface area is 186 Å². The van der Waals surface area contributed by atoms with Gasteiger partial charge >= 0.3 is 6.09 Å². The fraction of sp³-hybridized carbons (Fsp3) is 0.350. The van der Waals surface area contributed by atoms with Gasteiger partial charge in [0.05, 0.1) is 27.1 Å². The van der Waals surface area contributed by atoms with Crippen LogP contribution in [0.4, 0.5) is 16.2 Å². The first-order valence-electron chi connectivity index (χ1n) is 9.36. The molecule has 3 rings (SSSR count). The van der Waals surface area contributed by atoms with Crippen molar-refractivity contribution in [3.05, 3.63) is 46.4 Å². The molecule has 0 fully saturated rings. The first kappa shape index (κ1) is 22.4. The largest absolute Gasteiger partial charge is 0.425 e. The van der Waals surface area contributed by atoms with Crippen LogP contribution in [0.25, 0.3) is 0 Å². The van der Waals surface area contributed by atoms with Gasteiger partial charge in [-0.1, -0.05) is 23.2 Å². The zero-order valence-corrected chi connectivity index (χ0v) is 19.9. The van der Waals surface area contributed by atoms with Crippen LogP contribution in [0.5, 0.6) is 5.75 Å².